The number of nitrogens with zero attached hydrogens (tertiary/aromatic N) is 4. The Kier molecular flexibility index (Phi) is 4.62. The molecule has 4 atom stereocenters. The number of aromatic nitrogens is 3. The monoisotopic (exact) mass is 463 g/mol. The Morgan fingerprint density at radius 1 is 1.24 bits per heavy atom. The zero-order chi connectivity index (χ0) is 23.6. The summed E-state index contributed by atoms with van der Waals surface area (Å²) in [4.78, 5) is 50.9. The van der Waals surface area contributed by atoms with Crippen LogP contribution in [0.5, 0.6) is 0 Å². The molecule has 0 radical (unpaired) electrons. The molecule has 1 saturated heterocycles. The van der Waals surface area contributed by atoms with Crippen molar-refractivity contribution in [2.24, 2.45) is 11.3 Å². The van der Waals surface area contributed by atoms with Gasteiger partial charge >= 0.3 is 5.97 Å². The molecule has 4 unspecified atom stereocenters. The van der Waals surface area contributed by atoms with E-state index in [1.807, 2.05) is 18.3 Å². The third-order valence-electron chi connectivity index (χ3n) is 8.09. The minimum absolute atomic E-state index is 0.0704. The quantitative estimate of drug-likeness (QED) is 0.540. The second-order valence-corrected chi connectivity index (χ2v) is 9.86. The second kappa shape index (κ2) is 7.48. The van der Waals surface area contributed by atoms with Gasteiger partial charge in [0.05, 0.1) is 24.8 Å². The van der Waals surface area contributed by atoms with Crippen LogP contribution in [-0.2, 0) is 25.7 Å². The second-order valence-electron chi connectivity index (χ2n) is 9.86. The van der Waals surface area contributed by atoms with E-state index < -0.39 is 17.4 Å². The van der Waals surface area contributed by atoms with Crippen LogP contribution in [0, 0.1) is 11.3 Å². The third-order valence-corrected chi connectivity index (χ3v) is 8.09. The fourth-order valence-electron chi connectivity index (χ4n) is 6.41. The molecule has 2 bridgehead atoms. The van der Waals surface area contributed by atoms with Gasteiger partial charge in [-0.15, -0.1) is 5.10 Å². The SMILES string of the molecule is COC(=O)C12CCC(CC1n1cc(-c3ccc4c(c3)CN(C3CCC(=O)NC3=O)C4=O)nn1)C2. The minimum Gasteiger partial charge on any atom is -0.469 e. The molecule has 4 aliphatic rings. The van der Waals surface area contributed by atoms with Crippen molar-refractivity contribution in [1.29, 1.82) is 0 Å². The molecule has 1 aromatic heterocycles. The van der Waals surface area contributed by atoms with Crippen LogP contribution in [0.25, 0.3) is 11.3 Å². The summed E-state index contributed by atoms with van der Waals surface area (Å²) in [5.41, 5.74) is 2.32. The molecule has 34 heavy (non-hydrogen) atoms. The van der Waals surface area contributed by atoms with Gasteiger partial charge in [0.15, 0.2) is 0 Å². The van der Waals surface area contributed by atoms with Crippen LogP contribution in [-0.4, -0.2) is 56.7 Å². The number of fused-ring (bicyclic) bond motifs is 3. The summed E-state index contributed by atoms with van der Waals surface area (Å²) in [6.45, 7) is 0.304. The Morgan fingerprint density at radius 3 is 2.85 bits per heavy atom. The van der Waals surface area contributed by atoms with Gasteiger partial charge in [-0.1, -0.05) is 11.3 Å². The van der Waals surface area contributed by atoms with E-state index >= 15 is 0 Å². The minimum atomic E-state index is -0.644. The van der Waals surface area contributed by atoms with Gasteiger partial charge in [0.1, 0.15) is 11.7 Å². The van der Waals surface area contributed by atoms with Crippen LogP contribution >= 0.6 is 0 Å². The topological polar surface area (TPSA) is 123 Å². The van der Waals surface area contributed by atoms with Gasteiger partial charge in [-0.2, -0.15) is 0 Å². The molecular formula is C24H25N5O5. The molecule has 3 heterocycles. The van der Waals surface area contributed by atoms with Crippen molar-refractivity contribution in [3.63, 3.8) is 0 Å². The van der Waals surface area contributed by atoms with E-state index in [1.54, 1.807) is 10.7 Å². The summed E-state index contributed by atoms with van der Waals surface area (Å²) >= 11 is 0. The van der Waals surface area contributed by atoms with Crippen LogP contribution in [0.2, 0.25) is 0 Å². The number of imide groups is 1. The third kappa shape index (κ3) is 3.00. The highest BCUT2D eigenvalue weighted by molar-refractivity contribution is 6.05. The van der Waals surface area contributed by atoms with E-state index in [-0.39, 0.29) is 30.2 Å². The van der Waals surface area contributed by atoms with Crippen molar-refractivity contribution in [2.75, 3.05) is 7.11 Å². The van der Waals surface area contributed by atoms with E-state index in [2.05, 4.69) is 15.6 Å². The zero-order valence-corrected chi connectivity index (χ0v) is 18.8. The normalized spacial score (nSPS) is 30.0. The molecule has 1 aromatic carbocycles. The van der Waals surface area contributed by atoms with Gasteiger partial charge in [0.25, 0.3) is 5.91 Å². The highest BCUT2D eigenvalue weighted by Crippen LogP contribution is 2.60. The van der Waals surface area contributed by atoms with Crippen molar-refractivity contribution in [3.8, 4) is 11.3 Å². The predicted octanol–water partition coefficient (Wildman–Crippen LogP) is 1.61. The summed E-state index contributed by atoms with van der Waals surface area (Å²) in [5.74, 6) is -0.604. The van der Waals surface area contributed by atoms with Crippen LogP contribution < -0.4 is 5.32 Å². The average molecular weight is 463 g/mol. The molecule has 176 valence electrons. The fraction of sp³-hybridized carbons (Fsp3) is 0.500. The summed E-state index contributed by atoms with van der Waals surface area (Å²) in [6.07, 6.45) is 5.98. The van der Waals surface area contributed by atoms with Gasteiger partial charge in [0.2, 0.25) is 11.8 Å². The Labute approximate surface area is 195 Å². The number of benzene rings is 1. The van der Waals surface area contributed by atoms with E-state index in [0.717, 1.165) is 36.8 Å². The van der Waals surface area contributed by atoms with Crippen LogP contribution in [0.3, 0.4) is 0 Å². The van der Waals surface area contributed by atoms with Gasteiger partial charge < -0.3 is 9.64 Å². The highest BCUT2D eigenvalue weighted by Gasteiger charge is 2.59. The molecular weight excluding hydrogens is 438 g/mol. The van der Waals surface area contributed by atoms with Gasteiger partial charge in [-0.3, -0.25) is 24.5 Å². The van der Waals surface area contributed by atoms with Crippen molar-refractivity contribution in [2.45, 2.75) is 57.2 Å². The smallest absolute Gasteiger partial charge is 0.313 e. The molecule has 2 aliphatic carbocycles. The highest BCUT2D eigenvalue weighted by atomic mass is 16.5. The van der Waals surface area contributed by atoms with Gasteiger partial charge in [-0.05, 0) is 55.7 Å². The number of carbonyl (C=O) groups is 4. The van der Waals surface area contributed by atoms with E-state index in [4.69, 9.17) is 4.74 Å². The number of rotatable bonds is 4. The molecule has 2 aliphatic heterocycles. The summed E-state index contributed by atoms with van der Waals surface area (Å²) in [6, 6.07) is 4.78. The lowest BCUT2D eigenvalue weighted by Crippen LogP contribution is -2.52. The number of carbonyl (C=O) groups excluding carboxylic acids is 4. The number of ether oxygens (including phenoxy) is 1. The first-order chi connectivity index (χ1) is 16.4. The van der Waals surface area contributed by atoms with E-state index in [1.165, 1.54) is 12.0 Å². The molecule has 2 aromatic rings. The van der Waals surface area contributed by atoms with Crippen LogP contribution in [0.4, 0.5) is 0 Å². The van der Waals surface area contributed by atoms with Crippen molar-refractivity contribution >= 4 is 23.7 Å². The Balaban J connectivity index is 1.25. The Bertz CT molecular complexity index is 1240. The molecule has 10 heteroatoms. The number of hydrogen-bond acceptors (Lipinski definition) is 7. The molecule has 10 nitrogen and oxygen atoms in total. The molecule has 3 amide bonds. The lowest BCUT2D eigenvalue weighted by Gasteiger charge is -2.32. The maximum atomic E-state index is 12.9. The van der Waals surface area contributed by atoms with Gasteiger partial charge in [-0.25, -0.2) is 4.68 Å². The first kappa shape index (κ1) is 21.0. The van der Waals surface area contributed by atoms with Crippen molar-refractivity contribution < 1.29 is 23.9 Å². The lowest BCUT2D eigenvalue weighted by molar-refractivity contribution is -0.154. The maximum Gasteiger partial charge on any atom is 0.313 e. The zero-order valence-electron chi connectivity index (χ0n) is 18.8. The summed E-state index contributed by atoms with van der Waals surface area (Å²) < 4.78 is 6.95. The number of hydrogen-bond donors (Lipinski definition) is 1. The standard InChI is InChI=1S/C24H25N5O5/c1-34-23(33)24-7-6-13(10-24)8-19(24)29-12-17(26-27-29)14-2-3-16-15(9-14)11-28(22(16)32)18-4-5-20(30)25-21(18)31/h2-3,9,12-13,18-19H,4-8,10-11H2,1H3,(H,25,30,31). The molecule has 0 spiro atoms. The van der Waals surface area contributed by atoms with E-state index in [0.29, 0.717) is 30.1 Å². The first-order valence-electron chi connectivity index (χ1n) is 11.7. The number of piperidine rings is 1. The number of amides is 3. The molecule has 3 fully saturated rings. The largest absolute Gasteiger partial charge is 0.469 e. The van der Waals surface area contributed by atoms with Crippen LogP contribution in [0.15, 0.2) is 24.4 Å². The number of esters is 1. The predicted molar refractivity (Wildman–Crippen MR) is 117 cm³/mol. The Hall–Kier alpha value is -3.56. The maximum absolute atomic E-state index is 12.9. The first-order valence-corrected chi connectivity index (χ1v) is 11.7. The van der Waals surface area contributed by atoms with Gasteiger partial charge in [0, 0.05) is 24.1 Å². The fourth-order valence-corrected chi connectivity index (χ4v) is 6.41. The number of methoxy groups -OCH3 is 1. The van der Waals surface area contributed by atoms with Crippen molar-refractivity contribution in [1.82, 2.24) is 25.2 Å². The molecule has 1 N–H and O–H groups in total. The van der Waals surface area contributed by atoms with Crippen LogP contribution in [0.1, 0.15) is 60.5 Å². The number of nitrogens with one attached hydrogen (secondary N) is 1. The van der Waals surface area contributed by atoms with E-state index in [9.17, 15) is 19.2 Å². The Morgan fingerprint density at radius 2 is 2.09 bits per heavy atom. The molecule has 6 rings (SSSR count). The molecule has 2 saturated carbocycles. The summed E-state index contributed by atoms with van der Waals surface area (Å²) in [7, 11) is 1.44. The lowest BCUT2D eigenvalue weighted by atomic mass is 9.80. The van der Waals surface area contributed by atoms with Crippen molar-refractivity contribution in [3.05, 3.63) is 35.5 Å². The summed E-state index contributed by atoms with van der Waals surface area (Å²) in [5, 5.41) is 11.1. The average Bonchev–Trinajstić information content (AvgIpc) is 3.61.